The van der Waals surface area contributed by atoms with Gasteiger partial charge in [0, 0.05) is 6.54 Å². The number of carboxylic acid groups (broad SMARTS) is 1. The topological polar surface area (TPSA) is 49.8 Å². The predicted molar refractivity (Wildman–Crippen MR) is 126 cm³/mol. The second-order valence-corrected chi connectivity index (χ2v) is 9.86. The number of rotatable bonds is 7. The molecule has 0 spiro atoms. The molecule has 7 heteroatoms. The van der Waals surface area contributed by atoms with Gasteiger partial charge in [-0.05, 0) is 86.4 Å². The first-order valence-corrected chi connectivity index (χ1v) is 12.5. The van der Waals surface area contributed by atoms with Crippen molar-refractivity contribution < 1.29 is 27.8 Å². The van der Waals surface area contributed by atoms with Crippen molar-refractivity contribution in [1.29, 1.82) is 0 Å². The summed E-state index contributed by atoms with van der Waals surface area (Å²) in [5, 5.41) is 9.90. The molecule has 1 saturated carbocycles. The maximum atomic E-state index is 14.2. The minimum Gasteiger partial charge on any atom is -0.490 e. The highest BCUT2D eigenvalue weighted by Gasteiger charge is 2.37. The fraction of sp³-hybridized carbons (Fsp3) is 0.593. The molecule has 2 aliphatic rings. The number of piperidine rings is 1. The first kappa shape index (κ1) is 24.8. The fourth-order valence-electron chi connectivity index (χ4n) is 5.42. The first-order valence-electron chi connectivity index (χ1n) is 12.5. The van der Waals surface area contributed by atoms with Crippen LogP contribution in [0, 0.1) is 11.8 Å². The average molecular weight is 478 g/mol. The zero-order valence-electron chi connectivity index (χ0n) is 19.7. The number of carbonyl (C=O) groups is 1. The van der Waals surface area contributed by atoms with Crippen LogP contribution in [0.25, 0.3) is 10.8 Å². The third-order valence-electron chi connectivity index (χ3n) is 7.65. The van der Waals surface area contributed by atoms with Crippen LogP contribution in [0.15, 0.2) is 30.3 Å². The Morgan fingerprint density at radius 3 is 2.35 bits per heavy atom. The van der Waals surface area contributed by atoms with Gasteiger partial charge in [0.05, 0.1) is 12.0 Å². The molecule has 1 aliphatic heterocycles. The van der Waals surface area contributed by atoms with E-state index in [-0.39, 0.29) is 23.2 Å². The number of hydrogen-bond donors (Lipinski definition) is 1. The summed E-state index contributed by atoms with van der Waals surface area (Å²) >= 11 is 0. The molecule has 1 heterocycles. The van der Waals surface area contributed by atoms with Gasteiger partial charge in [-0.3, -0.25) is 4.79 Å². The van der Waals surface area contributed by atoms with Crippen LogP contribution in [0.4, 0.5) is 13.2 Å². The van der Waals surface area contributed by atoms with Gasteiger partial charge < -0.3 is 14.7 Å². The van der Waals surface area contributed by atoms with Gasteiger partial charge in [0.15, 0.2) is 0 Å². The molecule has 4 rings (SSSR count). The molecule has 0 radical (unpaired) electrons. The Hall–Kier alpha value is -2.28. The highest BCUT2D eigenvalue weighted by atomic mass is 19.4. The summed E-state index contributed by atoms with van der Waals surface area (Å²) < 4.78 is 48.6. The van der Waals surface area contributed by atoms with E-state index < -0.39 is 17.7 Å². The molecule has 1 aliphatic carbocycles. The highest BCUT2D eigenvalue weighted by Crippen LogP contribution is 2.43. The zero-order valence-corrected chi connectivity index (χ0v) is 19.7. The smallest absolute Gasteiger partial charge is 0.420 e. The number of likely N-dealkylation sites (tertiary alicyclic amines) is 1. The van der Waals surface area contributed by atoms with E-state index in [0.717, 1.165) is 37.7 Å². The van der Waals surface area contributed by atoms with Crippen molar-refractivity contribution in [2.45, 2.75) is 70.6 Å². The maximum absolute atomic E-state index is 14.2. The van der Waals surface area contributed by atoms with Crippen molar-refractivity contribution in [3.8, 4) is 5.75 Å². The molecule has 2 aromatic rings. The van der Waals surface area contributed by atoms with E-state index in [0.29, 0.717) is 50.2 Å². The van der Waals surface area contributed by atoms with Crippen LogP contribution in [0.2, 0.25) is 0 Å². The van der Waals surface area contributed by atoms with Crippen LogP contribution in [0.5, 0.6) is 5.75 Å². The number of aliphatic carboxylic acids is 1. The molecule has 1 N–H and O–H groups in total. The minimum atomic E-state index is -4.51. The van der Waals surface area contributed by atoms with Crippen molar-refractivity contribution in [3.63, 3.8) is 0 Å². The molecule has 0 amide bonds. The Balaban J connectivity index is 1.51. The Morgan fingerprint density at radius 1 is 1.06 bits per heavy atom. The lowest BCUT2D eigenvalue weighted by molar-refractivity contribution is -0.143. The summed E-state index contributed by atoms with van der Waals surface area (Å²) in [6.07, 6.45) is 1.89. The fourth-order valence-corrected chi connectivity index (χ4v) is 5.42. The highest BCUT2D eigenvalue weighted by molar-refractivity contribution is 5.89. The van der Waals surface area contributed by atoms with Crippen LogP contribution < -0.4 is 4.74 Å². The molecule has 0 bridgehead atoms. The van der Waals surface area contributed by atoms with Crippen LogP contribution in [-0.4, -0.2) is 41.7 Å². The van der Waals surface area contributed by atoms with Gasteiger partial charge in [-0.15, -0.1) is 0 Å². The molecule has 2 fully saturated rings. The van der Waals surface area contributed by atoms with Crippen molar-refractivity contribution in [3.05, 3.63) is 41.5 Å². The molecular formula is C27H34F3NO3. The lowest BCUT2D eigenvalue weighted by Crippen LogP contribution is -2.37. The van der Waals surface area contributed by atoms with Gasteiger partial charge in [0.2, 0.25) is 0 Å². The van der Waals surface area contributed by atoms with Gasteiger partial charge in [-0.25, -0.2) is 0 Å². The molecule has 1 saturated heterocycles. The van der Waals surface area contributed by atoms with Crippen LogP contribution in [0.3, 0.4) is 0 Å². The van der Waals surface area contributed by atoms with Crippen molar-refractivity contribution in [1.82, 2.24) is 4.90 Å². The zero-order chi connectivity index (χ0) is 24.3. The van der Waals surface area contributed by atoms with E-state index in [4.69, 9.17) is 9.84 Å². The third-order valence-corrected chi connectivity index (χ3v) is 7.65. The summed E-state index contributed by atoms with van der Waals surface area (Å²) in [5.41, 5.74) is 0.172. The monoisotopic (exact) mass is 477 g/mol. The Bertz CT molecular complexity index is 991. The number of carboxylic acids is 1. The van der Waals surface area contributed by atoms with E-state index in [1.165, 1.54) is 6.07 Å². The maximum Gasteiger partial charge on any atom is 0.420 e. The summed E-state index contributed by atoms with van der Waals surface area (Å²) in [4.78, 5) is 13.3. The molecule has 0 aromatic heterocycles. The van der Waals surface area contributed by atoms with Crippen LogP contribution in [-0.2, 0) is 17.4 Å². The number of alkyl halides is 3. The van der Waals surface area contributed by atoms with Gasteiger partial charge in [-0.1, -0.05) is 37.6 Å². The summed E-state index contributed by atoms with van der Waals surface area (Å²) in [7, 11) is 0. The lowest BCUT2D eigenvalue weighted by atomic mass is 9.86. The second kappa shape index (κ2) is 10.5. The molecule has 0 atom stereocenters. The van der Waals surface area contributed by atoms with Crippen LogP contribution in [0.1, 0.15) is 63.0 Å². The molecule has 4 nitrogen and oxygen atoms in total. The van der Waals surface area contributed by atoms with E-state index in [9.17, 15) is 18.0 Å². The number of halogens is 3. The largest absolute Gasteiger partial charge is 0.490 e. The second-order valence-electron chi connectivity index (χ2n) is 9.86. The minimum absolute atomic E-state index is 0.0622. The predicted octanol–water partition coefficient (Wildman–Crippen LogP) is 6.55. The number of ether oxygens (including phenoxy) is 1. The third kappa shape index (κ3) is 5.85. The normalized spacial score (nSPS) is 22.7. The standard InChI is InChI=1S/C27H34F3NO3/c1-2-18-4-8-22(9-5-18)34-24-10-7-20-6-3-19(17-23(20)25(24)27(28,29)30)11-14-31-15-12-21(13-16-31)26(32)33/h3,6-7,10,17-18,21-22H,2,4-5,8-9,11-16H2,1H3,(H,32,33)/t18-,22+. The van der Waals surface area contributed by atoms with Crippen molar-refractivity contribution >= 4 is 16.7 Å². The quantitative estimate of drug-likeness (QED) is 0.492. The number of nitrogens with zero attached hydrogens (tertiary/aromatic N) is 1. The van der Waals surface area contributed by atoms with Crippen molar-refractivity contribution in [2.75, 3.05) is 19.6 Å². The van der Waals surface area contributed by atoms with Crippen molar-refractivity contribution in [2.24, 2.45) is 11.8 Å². The van der Waals surface area contributed by atoms with E-state index in [2.05, 4.69) is 11.8 Å². The molecule has 186 valence electrons. The van der Waals surface area contributed by atoms with Gasteiger partial charge >= 0.3 is 12.1 Å². The molecular weight excluding hydrogens is 443 g/mol. The van der Waals surface area contributed by atoms with Crippen LogP contribution >= 0.6 is 0 Å². The molecule has 2 aromatic carbocycles. The van der Waals surface area contributed by atoms with Gasteiger partial charge in [0.1, 0.15) is 11.3 Å². The summed E-state index contributed by atoms with van der Waals surface area (Å²) in [6, 6.07) is 8.50. The Kier molecular flexibility index (Phi) is 7.70. The number of benzene rings is 2. The number of fused-ring (bicyclic) bond motifs is 1. The van der Waals surface area contributed by atoms with E-state index in [1.807, 2.05) is 6.07 Å². The first-order chi connectivity index (χ1) is 16.2. The SMILES string of the molecule is CC[C@H]1CC[C@@H](Oc2ccc3ccc(CCN4CCC(C(=O)O)CC4)cc3c2C(F)(F)F)CC1. The van der Waals surface area contributed by atoms with Gasteiger partial charge in [-0.2, -0.15) is 13.2 Å². The summed E-state index contributed by atoms with van der Waals surface area (Å²) in [6.45, 7) is 4.27. The van der Waals surface area contributed by atoms with Gasteiger partial charge in [0.25, 0.3) is 0 Å². The average Bonchev–Trinajstić information content (AvgIpc) is 2.82. The molecule has 0 unspecified atom stereocenters. The Morgan fingerprint density at radius 2 is 1.74 bits per heavy atom. The number of hydrogen-bond acceptors (Lipinski definition) is 3. The van der Waals surface area contributed by atoms with E-state index in [1.54, 1.807) is 18.2 Å². The Labute approximate surface area is 199 Å². The molecule has 34 heavy (non-hydrogen) atoms. The van der Waals surface area contributed by atoms with E-state index >= 15 is 0 Å². The lowest BCUT2D eigenvalue weighted by Gasteiger charge is -2.30. The summed E-state index contributed by atoms with van der Waals surface area (Å²) in [5.74, 6) is -0.448.